The number of benzene rings is 1. The van der Waals surface area contributed by atoms with Crippen LogP contribution in [0.15, 0.2) is 18.2 Å². The van der Waals surface area contributed by atoms with E-state index in [0.29, 0.717) is 0 Å². The highest BCUT2D eigenvalue weighted by Crippen LogP contribution is 2.22. The van der Waals surface area contributed by atoms with Gasteiger partial charge >= 0.3 is 0 Å². The first kappa shape index (κ1) is 20.9. The average Bonchev–Trinajstić information content (AvgIpc) is 2.55. The van der Waals surface area contributed by atoms with E-state index in [-0.39, 0.29) is 35.9 Å². The first-order valence-electron chi connectivity index (χ1n) is 8.47. The topological polar surface area (TPSA) is 44.4 Å². The Balaban J connectivity index is 0.00000288. The van der Waals surface area contributed by atoms with Gasteiger partial charge in [0.15, 0.2) is 0 Å². The van der Waals surface area contributed by atoms with E-state index in [2.05, 4.69) is 15.5 Å². The molecule has 1 aromatic carbocycles. The van der Waals surface area contributed by atoms with Gasteiger partial charge in [0.2, 0.25) is 5.91 Å². The summed E-state index contributed by atoms with van der Waals surface area (Å²) in [5.74, 6) is 0.223. The lowest BCUT2D eigenvalue weighted by Crippen LogP contribution is -2.46. The van der Waals surface area contributed by atoms with Crippen molar-refractivity contribution in [1.82, 2.24) is 10.2 Å². The number of carbonyl (C=O) groups excluding carboxylic acids is 1. The van der Waals surface area contributed by atoms with E-state index in [9.17, 15) is 9.18 Å². The Kier molecular flexibility index (Phi) is 8.67. The fourth-order valence-corrected chi connectivity index (χ4v) is 3.10. The van der Waals surface area contributed by atoms with Crippen LogP contribution in [0.2, 0.25) is 0 Å². The summed E-state index contributed by atoms with van der Waals surface area (Å²) >= 11 is 0. The van der Waals surface area contributed by atoms with Gasteiger partial charge < -0.3 is 10.6 Å². The summed E-state index contributed by atoms with van der Waals surface area (Å²) in [5, 5.41) is 5.90. The molecule has 1 aliphatic heterocycles. The largest absolute Gasteiger partial charge is 0.322 e. The van der Waals surface area contributed by atoms with Crippen LogP contribution in [0.25, 0.3) is 0 Å². The van der Waals surface area contributed by atoms with Gasteiger partial charge in [-0.2, -0.15) is 0 Å². The smallest absolute Gasteiger partial charge is 0.241 e. The lowest BCUT2D eigenvalue weighted by atomic mass is 9.93. The second-order valence-corrected chi connectivity index (χ2v) is 6.52. The summed E-state index contributed by atoms with van der Waals surface area (Å²) in [6.45, 7) is 6.64. The lowest BCUT2D eigenvalue weighted by Gasteiger charge is -2.35. The van der Waals surface area contributed by atoms with Crippen LogP contribution in [0.4, 0.5) is 10.1 Å². The van der Waals surface area contributed by atoms with E-state index in [1.165, 1.54) is 12.5 Å². The number of piperidine rings is 1. The maximum absolute atomic E-state index is 13.9. The highest BCUT2D eigenvalue weighted by atomic mass is 35.5. The Morgan fingerprint density at radius 1 is 1.38 bits per heavy atom. The van der Waals surface area contributed by atoms with Crippen molar-refractivity contribution >= 4 is 24.0 Å². The highest BCUT2D eigenvalue weighted by Gasteiger charge is 2.26. The Bertz CT molecular complexity index is 533. The van der Waals surface area contributed by atoms with Crippen molar-refractivity contribution in [3.8, 4) is 0 Å². The summed E-state index contributed by atoms with van der Waals surface area (Å²) in [4.78, 5) is 14.6. The molecule has 4 nitrogen and oxygen atoms in total. The number of aryl methyl sites for hydroxylation is 1. The average molecular weight is 358 g/mol. The highest BCUT2D eigenvalue weighted by molar-refractivity contribution is 5.94. The van der Waals surface area contributed by atoms with Crippen LogP contribution in [0.3, 0.4) is 0 Å². The minimum Gasteiger partial charge on any atom is -0.322 e. The van der Waals surface area contributed by atoms with Gasteiger partial charge in [0.25, 0.3) is 0 Å². The second-order valence-electron chi connectivity index (χ2n) is 6.52. The fourth-order valence-electron chi connectivity index (χ4n) is 3.10. The molecule has 2 N–H and O–H groups in total. The molecule has 1 unspecified atom stereocenters. The summed E-state index contributed by atoms with van der Waals surface area (Å²) in [6, 6.07) is 4.63. The number of halogens is 2. The normalized spacial score (nSPS) is 17.2. The summed E-state index contributed by atoms with van der Waals surface area (Å²) in [5.41, 5.74) is 1.11. The minimum absolute atomic E-state index is 0. The molecule has 1 fully saturated rings. The van der Waals surface area contributed by atoms with Crippen LogP contribution >= 0.6 is 12.4 Å². The third kappa shape index (κ3) is 5.72. The molecule has 24 heavy (non-hydrogen) atoms. The van der Waals surface area contributed by atoms with Crippen LogP contribution in [-0.2, 0) is 4.79 Å². The van der Waals surface area contributed by atoms with Gasteiger partial charge in [-0.05, 0) is 83.4 Å². The number of anilines is 1. The molecule has 6 heteroatoms. The first-order chi connectivity index (χ1) is 11.0. The lowest BCUT2D eigenvalue weighted by molar-refractivity contribution is -0.121. The fraction of sp³-hybridized carbons (Fsp3) is 0.611. The molecule has 1 saturated heterocycles. The van der Waals surface area contributed by atoms with Gasteiger partial charge in [-0.3, -0.25) is 9.69 Å². The Morgan fingerprint density at radius 2 is 2.04 bits per heavy atom. The molecule has 0 radical (unpaired) electrons. The van der Waals surface area contributed by atoms with Crippen LogP contribution in [0, 0.1) is 18.7 Å². The summed E-state index contributed by atoms with van der Waals surface area (Å²) < 4.78 is 13.9. The number of likely N-dealkylation sites (tertiary alicyclic amines) is 1. The standard InChI is InChI=1S/C18H28FN3O.ClH/c1-13-4-5-17(16(19)12-13)21-18(23)14(2)22-10-7-15(8-11-22)6-9-20-3;/h4-5,12,14-15,20H,6-11H2,1-3H3,(H,21,23);1H. The molecule has 0 saturated carbocycles. The van der Waals surface area contributed by atoms with Crippen molar-refractivity contribution in [1.29, 1.82) is 0 Å². The molecule has 1 atom stereocenters. The third-order valence-electron chi connectivity index (χ3n) is 4.76. The predicted octanol–water partition coefficient (Wildman–Crippen LogP) is 3.20. The molecule has 2 rings (SSSR count). The number of carbonyl (C=O) groups is 1. The minimum atomic E-state index is -0.378. The number of nitrogens with one attached hydrogen (secondary N) is 2. The number of hydrogen-bond acceptors (Lipinski definition) is 3. The van der Waals surface area contributed by atoms with Crippen molar-refractivity contribution in [3.05, 3.63) is 29.6 Å². The zero-order valence-electron chi connectivity index (χ0n) is 14.8. The molecule has 1 aromatic rings. The monoisotopic (exact) mass is 357 g/mol. The van der Waals surface area contributed by atoms with Crippen LogP contribution in [0.1, 0.15) is 31.7 Å². The van der Waals surface area contributed by atoms with Crippen molar-refractivity contribution in [3.63, 3.8) is 0 Å². The number of amides is 1. The first-order valence-corrected chi connectivity index (χ1v) is 8.47. The maximum atomic E-state index is 13.9. The van der Waals surface area contributed by atoms with Gasteiger partial charge in [0, 0.05) is 0 Å². The number of hydrogen-bond donors (Lipinski definition) is 2. The molecular formula is C18H29ClFN3O. The zero-order chi connectivity index (χ0) is 16.8. The molecule has 1 heterocycles. The van der Waals surface area contributed by atoms with E-state index in [1.54, 1.807) is 12.1 Å². The molecule has 136 valence electrons. The maximum Gasteiger partial charge on any atom is 0.241 e. The Morgan fingerprint density at radius 3 is 2.62 bits per heavy atom. The SMILES string of the molecule is CNCCC1CCN(C(C)C(=O)Nc2ccc(C)cc2F)CC1.Cl. The van der Waals surface area contributed by atoms with Gasteiger partial charge in [0.1, 0.15) is 5.82 Å². The van der Waals surface area contributed by atoms with Crippen molar-refractivity contribution in [2.75, 3.05) is 32.0 Å². The van der Waals surface area contributed by atoms with E-state index in [4.69, 9.17) is 0 Å². The molecule has 1 aliphatic rings. The molecule has 0 aliphatic carbocycles. The molecule has 0 aromatic heterocycles. The van der Waals surface area contributed by atoms with Crippen molar-refractivity contribution in [2.45, 2.75) is 39.2 Å². The van der Waals surface area contributed by atoms with E-state index in [1.807, 2.05) is 20.9 Å². The van der Waals surface area contributed by atoms with Gasteiger partial charge in [-0.1, -0.05) is 6.07 Å². The van der Waals surface area contributed by atoms with E-state index < -0.39 is 0 Å². The van der Waals surface area contributed by atoms with Crippen LogP contribution in [-0.4, -0.2) is 43.5 Å². The summed E-state index contributed by atoms with van der Waals surface area (Å²) in [7, 11) is 1.98. The Hall–Kier alpha value is -1.17. The van der Waals surface area contributed by atoms with E-state index in [0.717, 1.165) is 44.0 Å². The molecular weight excluding hydrogens is 329 g/mol. The van der Waals surface area contributed by atoms with Crippen molar-refractivity contribution in [2.24, 2.45) is 5.92 Å². The Labute approximate surface area is 150 Å². The molecule has 0 spiro atoms. The van der Waals surface area contributed by atoms with Crippen molar-refractivity contribution < 1.29 is 9.18 Å². The third-order valence-corrected chi connectivity index (χ3v) is 4.76. The van der Waals surface area contributed by atoms with E-state index >= 15 is 0 Å². The van der Waals surface area contributed by atoms with Gasteiger partial charge in [0.05, 0.1) is 11.7 Å². The second kappa shape index (κ2) is 9.97. The summed E-state index contributed by atoms with van der Waals surface area (Å²) in [6.07, 6.45) is 3.44. The van der Waals surface area contributed by atoms with Crippen LogP contribution < -0.4 is 10.6 Å². The quantitative estimate of drug-likeness (QED) is 0.821. The molecule has 0 bridgehead atoms. The number of nitrogens with zero attached hydrogens (tertiary/aromatic N) is 1. The van der Waals surface area contributed by atoms with Crippen LogP contribution in [0.5, 0.6) is 0 Å². The molecule has 1 amide bonds. The zero-order valence-corrected chi connectivity index (χ0v) is 15.6. The number of rotatable bonds is 6. The van der Waals surface area contributed by atoms with Gasteiger partial charge in [-0.25, -0.2) is 4.39 Å². The van der Waals surface area contributed by atoms with Gasteiger partial charge in [-0.15, -0.1) is 12.4 Å². The predicted molar refractivity (Wildman–Crippen MR) is 99.3 cm³/mol.